The lowest BCUT2D eigenvalue weighted by Gasteiger charge is -2.28. The summed E-state index contributed by atoms with van der Waals surface area (Å²) in [6.45, 7) is 8.11. The second-order valence-corrected chi connectivity index (χ2v) is 9.00. The van der Waals surface area contributed by atoms with Crippen molar-refractivity contribution in [2.45, 2.75) is 40.2 Å². The molecule has 0 aromatic heterocycles. The van der Waals surface area contributed by atoms with Crippen molar-refractivity contribution in [3.05, 3.63) is 59.2 Å². The van der Waals surface area contributed by atoms with Crippen LogP contribution in [0.2, 0.25) is 0 Å². The van der Waals surface area contributed by atoms with Crippen LogP contribution >= 0.6 is 0 Å². The van der Waals surface area contributed by atoms with E-state index in [1.54, 1.807) is 19.1 Å². The zero-order chi connectivity index (χ0) is 21.6. The number of carbonyl (C=O) groups excluding carboxylic acids is 1. The van der Waals surface area contributed by atoms with Gasteiger partial charge in [-0.25, -0.2) is 8.42 Å². The predicted octanol–water partition coefficient (Wildman–Crippen LogP) is 3.22. The van der Waals surface area contributed by atoms with Crippen molar-refractivity contribution in [2.24, 2.45) is 0 Å². The van der Waals surface area contributed by atoms with Crippen LogP contribution in [0.5, 0.6) is 5.75 Å². The molecule has 7 heteroatoms. The van der Waals surface area contributed by atoms with E-state index in [9.17, 15) is 13.2 Å². The third kappa shape index (κ3) is 6.22. The summed E-state index contributed by atoms with van der Waals surface area (Å²) in [6.07, 6.45) is 2.07. The molecule has 2 rings (SSSR count). The maximum absolute atomic E-state index is 12.6. The zero-order valence-electron chi connectivity index (χ0n) is 17.7. The molecule has 0 spiro atoms. The summed E-state index contributed by atoms with van der Waals surface area (Å²) in [7, 11) is -3.63. The molecule has 0 saturated heterocycles. The molecule has 0 saturated carbocycles. The number of aryl methyl sites for hydroxylation is 3. The first-order valence-electron chi connectivity index (χ1n) is 9.69. The van der Waals surface area contributed by atoms with Gasteiger partial charge in [0.25, 0.3) is 0 Å². The third-order valence-corrected chi connectivity index (χ3v) is 6.08. The number of carbonyl (C=O) groups is 1. The van der Waals surface area contributed by atoms with Gasteiger partial charge in [0.05, 0.1) is 18.5 Å². The van der Waals surface area contributed by atoms with Crippen LogP contribution in [0.3, 0.4) is 0 Å². The highest BCUT2D eigenvalue weighted by molar-refractivity contribution is 7.92. The molecule has 0 unspecified atom stereocenters. The van der Waals surface area contributed by atoms with E-state index in [-0.39, 0.29) is 12.5 Å². The minimum Gasteiger partial charge on any atom is -0.492 e. The van der Waals surface area contributed by atoms with E-state index in [0.717, 1.165) is 33.9 Å². The minimum absolute atomic E-state index is 0.281. The fraction of sp³-hybridized carbons (Fsp3) is 0.409. The molecular formula is C22H30N2O4S. The molecule has 1 atom stereocenters. The highest BCUT2D eigenvalue weighted by atomic mass is 32.2. The van der Waals surface area contributed by atoms with Crippen molar-refractivity contribution in [1.82, 2.24) is 5.32 Å². The lowest BCUT2D eigenvalue weighted by molar-refractivity contribution is -0.121. The standard InChI is InChI=1S/C22H30N2O4S/c1-6-19-8-11-21(12-9-19)28-14-13-23-22(25)18(4)24(29(5,26)27)20-10-7-16(2)17(3)15-20/h7-12,15,18H,6,13-14H2,1-5H3,(H,23,25)/t18-/m0/s1. The van der Waals surface area contributed by atoms with E-state index in [2.05, 4.69) is 12.2 Å². The van der Waals surface area contributed by atoms with Crippen molar-refractivity contribution in [3.63, 3.8) is 0 Å². The Morgan fingerprint density at radius 3 is 2.31 bits per heavy atom. The van der Waals surface area contributed by atoms with Gasteiger partial charge in [-0.15, -0.1) is 0 Å². The monoisotopic (exact) mass is 418 g/mol. The molecule has 0 aliphatic heterocycles. The molecule has 158 valence electrons. The Labute approximate surface area is 173 Å². The van der Waals surface area contributed by atoms with E-state index >= 15 is 0 Å². The fourth-order valence-corrected chi connectivity index (χ4v) is 4.15. The van der Waals surface area contributed by atoms with Crippen LogP contribution in [0.25, 0.3) is 0 Å². The quantitative estimate of drug-likeness (QED) is 0.635. The van der Waals surface area contributed by atoms with Crippen LogP contribution in [0.1, 0.15) is 30.5 Å². The fourth-order valence-electron chi connectivity index (χ4n) is 2.98. The van der Waals surface area contributed by atoms with Crippen LogP contribution in [0.15, 0.2) is 42.5 Å². The maximum atomic E-state index is 12.6. The Morgan fingerprint density at radius 1 is 1.10 bits per heavy atom. The van der Waals surface area contributed by atoms with Gasteiger partial charge in [0.15, 0.2) is 0 Å². The molecule has 1 N–H and O–H groups in total. The third-order valence-electron chi connectivity index (χ3n) is 4.84. The SMILES string of the molecule is CCc1ccc(OCCNC(=O)[C@H](C)N(c2ccc(C)c(C)c2)S(C)(=O)=O)cc1. The molecule has 0 heterocycles. The van der Waals surface area contributed by atoms with Gasteiger partial charge in [0.2, 0.25) is 15.9 Å². The summed E-state index contributed by atoms with van der Waals surface area (Å²) in [5, 5.41) is 2.75. The Hall–Kier alpha value is -2.54. The topological polar surface area (TPSA) is 75.7 Å². The molecular weight excluding hydrogens is 388 g/mol. The number of hydrogen-bond donors (Lipinski definition) is 1. The number of benzene rings is 2. The van der Waals surface area contributed by atoms with Crippen molar-refractivity contribution in [2.75, 3.05) is 23.7 Å². The van der Waals surface area contributed by atoms with Crippen molar-refractivity contribution >= 4 is 21.6 Å². The predicted molar refractivity (Wildman–Crippen MR) is 117 cm³/mol. The minimum atomic E-state index is -3.63. The molecule has 2 aromatic carbocycles. The molecule has 0 aliphatic carbocycles. The summed E-state index contributed by atoms with van der Waals surface area (Å²) >= 11 is 0. The zero-order valence-corrected chi connectivity index (χ0v) is 18.5. The highest BCUT2D eigenvalue weighted by Gasteiger charge is 2.29. The Bertz CT molecular complexity index is 940. The van der Waals surface area contributed by atoms with Gasteiger partial charge in [-0.3, -0.25) is 9.10 Å². The first-order valence-corrected chi connectivity index (χ1v) is 11.5. The molecule has 0 fully saturated rings. The Kier molecular flexibility index (Phi) is 7.67. The van der Waals surface area contributed by atoms with Gasteiger partial charge < -0.3 is 10.1 Å². The van der Waals surface area contributed by atoms with Gasteiger partial charge in [-0.1, -0.05) is 25.1 Å². The molecule has 2 aromatic rings. The maximum Gasteiger partial charge on any atom is 0.243 e. The summed E-state index contributed by atoms with van der Waals surface area (Å²) in [4.78, 5) is 12.6. The normalized spacial score (nSPS) is 12.3. The van der Waals surface area contributed by atoms with Crippen LogP contribution < -0.4 is 14.4 Å². The van der Waals surface area contributed by atoms with Gasteiger partial charge in [0.1, 0.15) is 18.4 Å². The van der Waals surface area contributed by atoms with Crippen LogP contribution in [-0.4, -0.2) is 39.8 Å². The lowest BCUT2D eigenvalue weighted by atomic mass is 10.1. The van der Waals surface area contributed by atoms with Crippen LogP contribution in [-0.2, 0) is 21.2 Å². The molecule has 0 aliphatic rings. The number of ether oxygens (including phenoxy) is 1. The molecule has 0 radical (unpaired) electrons. The van der Waals surface area contributed by atoms with Gasteiger partial charge >= 0.3 is 0 Å². The number of hydrogen-bond acceptors (Lipinski definition) is 4. The first-order chi connectivity index (χ1) is 13.6. The van der Waals surface area contributed by atoms with Gasteiger partial charge in [-0.05, 0) is 68.1 Å². The number of sulfonamides is 1. The molecule has 6 nitrogen and oxygen atoms in total. The molecule has 1 amide bonds. The summed E-state index contributed by atoms with van der Waals surface area (Å²) < 4.78 is 31.5. The number of anilines is 1. The van der Waals surface area contributed by atoms with E-state index < -0.39 is 16.1 Å². The lowest BCUT2D eigenvalue weighted by Crippen LogP contribution is -2.48. The van der Waals surface area contributed by atoms with Crippen molar-refractivity contribution in [3.8, 4) is 5.75 Å². The second-order valence-electron chi connectivity index (χ2n) is 7.14. The van der Waals surface area contributed by atoms with Crippen LogP contribution in [0.4, 0.5) is 5.69 Å². The number of nitrogens with zero attached hydrogens (tertiary/aromatic N) is 1. The first kappa shape index (κ1) is 22.7. The summed E-state index contributed by atoms with van der Waals surface area (Å²) in [6, 6.07) is 12.3. The number of nitrogens with one attached hydrogen (secondary N) is 1. The van der Waals surface area contributed by atoms with Gasteiger partial charge in [0, 0.05) is 0 Å². The van der Waals surface area contributed by atoms with E-state index in [0.29, 0.717) is 12.3 Å². The number of amides is 1. The second kappa shape index (κ2) is 9.78. The van der Waals surface area contributed by atoms with Crippen molar-refractivity contribution < 1.29 is 17.9 Å². The largest absolute Gasteiger partial charge is 0.492 e. The molecule has 29 heavy (non-hydrogen) atoms. The van der Waals surface area contributed by atoms with E-state index in [1.807, 2.05) is 44.2 Å². The molecule has 0 bridgehead atoms. The Morgan fingerprint density at radius 2 is 1.76 bits per heavy atom. The van der Waals surface area contributed by atoms with E-state index in [1.165, 1.54) is 5.56 Å². The van der Waals surface area contributed by atoms with Crippen molar-refractivity contribution in [1.29, 1.82) is 0 Å². The average molecular weight is 419 g/mol. The smallest absolute Gasteiger partial charge is 0.243 e. The highest BCUT2D eigenvalue weighted by Crippen LogP contribution is 2.23. The summed E-state index contributed by atoms with van der Waals surface area (Å²) in [5.74, 6) is 0.357. The average Bonchev–Trinajstić information content (AvgIpc) is 2.67. The van der Waals surface area contributed by atoms with Gasteiger partial charge in [-0.2, -0.15) is 0 Å². The Balaban J connectivity index is 1.98. The summed E-state index contributed by atoms with van der Waals surface area (Å²) in [5.41, 5.74) is 3.73. The van der Waals surface area contributed by atoms with E-state index in [4.69, 9.17) is 4.74 Å². The number of rotatable bonds is 9. The van der Waals surface area contributed by atoms with Crippen LogP contribution in [0, 0.1) is 13.8 Å².